The Kier molecular flexibility index (Phi) is 6.70. The highest BCUT2D eigenvalue weighted by Gasteiger charge is 2.35. The number of carbonyl (C=O) groups excluding carboxylic acids is 1. The van der Waals surface area contributed by atoms with Crippen molar-refractivity contribution in [3.8, 4) is 5.75 Å². The molecule has 25 heavy (non-hydrogen) atoms. The minimum absolute atomic E-state index is 0.0804. The third-order valence-electron chi connectivity index (χ3n) is 5.40. The van der Waals surface area contributed by atoms with Crippen molar-refractivity contribution < 1.29 is 14.3 Å². The smallest absolute Gasteiger partial charge is 0.251 e. The number of hydrogen-bond acceptors (Lipinski definition) is 4. The van der Waals surface area contributed by atoms with Crippen molar-refractivity contribution in [1.82, 2.24) is 10.2 Å². The Morgan fingerprint density at radius 1 is 1.16 bits per heavy atom. The first-order valence-corrected chi connectivity index (χ1v) is 9.48. The Hall–Kier alpha value is -1.59. The van der Waals surface area contributed by atoms with Gasteiger partial charge in [-0.3, -0.25) is 4.79 Å². The molecule has 1 amide bonds. The van der Waals surface area contributed by atoms with Gasteiger partial charge in [0.05, 0.1) is 13.2 Å². The summed E-state index contributed by atoms with van der Waals surface area (Å²) in [4.78, 5) is 14.5. The molecule has 1 aromatic carbocycles. The molecule has 1 saturated carbocycles. The SMILES string of the molecule is COCCNC(=O)c1ccc(OCCCN2CC3CCCC3C2)cc1. The molecule has 0 aromatic heterocycles. The van der Waals surface area contributed by atoms with Gasteiger partial charge < -0.3 is 19.7 Å². The molecule has 1 heterocycles. The van der Waals surface area contributed by atoms with Crippen molar-refractivity contribution in [2.24, 2.45) is 11.8 Å². The topological polar surface area (TPSA) is 50.8 Å². The quantitative estimate of drug-likeness (QED) is 0.698. The van der Waals surface area contributed by atoms with Crippen LogP contribution in [0, 0.1) is 11.8 Å². The predicted octanol–water partition coefficient (Wildman–Crippen LogP) is 2.56. The number of rotatable bonds is 9. The van der Waals surface area contributed by atoms with Crippen LogP contribution in [0.25, 0.3) is 0 Å². The molecule has 2 aliphatic rings. The second-order valence-electron chi connectivity index (χ2n) is 7.19. The van der Waals surface area contributed by atoms with E-state index in [1.165, 1.54) is 32.4 Å². The molecule has 2 fully saturated rings. The average molecular weight is 346 g/mol. The summed E-state index contributed by atoms with van der Waals surface area (Å²) in [6, 6.07) is 7.34. The highest BCUT2D eigenvalue weighted by atomic mass is 16.5. The molecule has 1 aliphatic heterocycles. The van der Waals surface area contributed by atoms with Gasteiger partial charge >= 0.3 is 0 Å². The van der Waals surface area contributed by atoms with Crippen LogP contribution in [0.1, 0.15) is 36.0 Å². The molecule has 5 heteroatoms. The van der Waals surface area contributed by atoms with Crippen molar-refractivity contribution >= 4 is 5.91 Å². The summed E-state index contributed by atoms with van der Waals surface area (Å²) in [6.45, 7) is 5.48. The van der Waals surface area contributed by atoms with Gasteiger partial charge in [-0.25, -0.2) is 0 Å². The number of carbonyl (C=O) groups is 1. The van der Waals surface area contributed by atoms with E-state index in [2.05, 4.69) is 10.2 Å². The normalized spacial score (nSPS) is 22.8. The van der Waals surface area contributed by atoms with Crippen molar-refractivity contribution in [2.45, 2.75) is 25.7 Å². The fourth-order valence-electron chi connectivity index (χ4n) is 4.06. The summed E-state index contributed by atoms with van der Waals surface area (Å²) in [5.74, 6) is 2.67. The standard InChI is InChI=1S/C20H30N2O3/c1-24-13-10-21-20(23)16-6-8-19(9-7-16)25-12-3-11-22-14-17-4-2-5-18(17)15-22/h6-9,17-18H,2-5,10-15H2,1H3,(H,21,23). The molecule has 2 atom stereocenters. The average Bonchev–Trinajstić information content (AvgIpc) is 3.21. The van der Waals surface area contributed by atoms with E-state index in [9.17, 15) is 4.79 Å². The molecule has 0 radical (unpaired) electrons. The number of methoxy groups -OCH3 is 1. The summed E-state index contributed by atoms with van der Waals surface area (Å²) >= 11 is 0. The van der Waals surface area contributed by atoms with E-state index in [1.807, 2.05) is 12.1 Å². The second kappa shape index (κ2) is 9.20. The highest BCUT2D eigenvalue weighted by Crippen LogP contribution is 2.37. The van der Waals surface area contributed by atoms with Crippen LogP contribution in [0.3, 0.4) is 0 Å². The Morgan fingerprint density at radius 3 is 2.56 bits per heavy atom. The third-order valence-corrected chi connectivity index (χ3v) is 5.40. The summed E-state index contributed by atoms with van der Waals surface area (Å²) in [6.07, 6.45) is 5.36. The van der Waals surface area contributed by atoms with E-state index in [0.29, 0.717) is 18.7 Å². The van der Waals surface area contributed by atoms with E-state index < -0.39 is 0 Å². The van der Waals surface area contributed by atoms with Crippen LogP contribution in [0.4, 0.5) is 0 Å². The third kappa shape index (κ3) is 5.19. The summed E-state index contributed by atoms with van der Waals surface area (Å²) in [5.41, 5.74) is 0.645. The van der Waals surface area contributed by atoms with Gasteiger partial charge in [-0.1, -0.05) is 6.42 Å². The number of likely N-dealkylation sites (tertiary alicyclic amines) is 1. The van der Waals surface area contributed by atoms with Gasteiger partial charge in [-0.2, -0.15) is 0 Å². The van der Waals surface area contributed by atoms with Crippen LogP contribution in [0.5, 0.6) is 5.75 Å². The summed E-state index contributed by atoms with van der Waals surface area (Å²) in [7, 11) is 1.62. The van der Waals surface area contributed by atoms with Crippen LogP contribution < -0.4 is 10.1 Å². The van der Waals surface area contributed by atoms with Gasteiger partial charge in [0.2, 0.25) is 0 Å². The summed E-state index contributed by atoms with van der Waals surface area (Å²) in [5, 5.41) is 2.81. The maximum atomic E-state index is 11.9. The summed E-state index contributed by atoms with van der Waals surface area (Å²) < 4.78 is 10.7. The molecule has 3 rings (SSSR count). The minimum Gasteiger partial charge on any atom is -0.494 e. The maximum Gasteiger partial charge on any atom is 0.251 e. The number of nitrogens with one attached hydrogen (secondary N) is 1. The Morgan fingerprint density at radius 2 is 1.88 bits per heavy atom. The van der Waals surface area contributed by atoms with Crippen LogP contribution in [0.2, 0.25) is 0 Å². The van der Waals surface area contributed by atoms with Crippen molar-refractivity contribution in [3.63, 3.8) is 0 Å². The fourth-order valence-corrected chi connectivity index (χ4v) is 4.06. The van der Waals surface area contributed by atoms with Crippen molar-refractivity contribution in [2.75, 3.05) is 46.5 Å². The van der Waals surface area contributed by atoms with Crippen molar-refractivity contribution in [1.29, 1.82) is 0 Å². The molecule has 1 aromatic rings. The van der Waals surface area contributed by atoms with Gasteiger partial charge in [0.25, 0.3) is 5.91 Å². The van der Waals surface area contributed by atoms with Crippen LogP contribution in [0.15, 0.2) is 24.3 Å². The van der Waals surface area contributed by atoms with E-state index in [0.717, 1.165) is 37.2 Å². The van der Waals surface area contributed by atoms with E-state index in [4.69, 9.17) is 9.47 Å². The number of ether oxygens (including phenoxy) is 2. The van der Waals surface area contributed by atoms with E-state index in [1.54, 1.807) is 19.2 Å². The van der Waals surface area contributed by atoms with Gasteiger partial charge in [-0.05, 0) is 55.4 Å². The van der Waals surface area contributed by atoms with Gasteiger partial charge in [-0.15, -0.1) is 0 Å². The van der Waals surface area contributed by atoms with Gasteiger partial charge in [0.1, 0.15) is 5.75 Å². The first-order chi connectivity index (χ1) is 12.3. The van der Waals surface area contributed by atoms with E-state index >= 15 is 0 Å². The molecule has 138 valence electrons. The largest absolute Gasteiger partial charge is 0.494 e. The number of benzene rings is 1. The zero-order chi connectivity index (χ0) is 17.5. The zero-order valence-corrected chi connectivity index (χ0v) is 15.2. The second-order valence-corrected chi connectivity index (χ2v) is 7.19. The van der Waals surface area contributed by atoms with Gasteiger partial charge in [0.15, 0.2) is 0 Å². The predicted molar refractivity (Wildman–Crippen MR) is 98.0 cm³/mol. The lowest BCUT2D eigenvalue weighted by atomic mass is 10.0. The molecular formula is C20H30N2O3. The number of fused-ring (bicyclic) bond motifs is 1. The molecule has 1 N–H and O–H groups in total. The fraction of sp³-hybridized carbons (Fsp3) is 0.650. The maximum absolute atomic E-state index is 11.9. The molecular weight excluding hydrogens is 316 g/mol. The lowest BCUT2D eigenvalue weighted by Crippen LogP contribution is -2.26. The Balaban J connectivity index is 1.32. The molecule has 5 nitrogen and oxygen atoms in total. The molecule has 0 bridgehead atoms. The van der Waals surface area contributed by atoms with Gasteiger partial charge in [0, 0.05) is 38.9 Å². The number of amides is 1. The Bertz CT molecular complexity index is 534. The first kappa shape index (κ1) is 18.2. The van der Waals surface area contributed by atoms with E-state index in [-0.39, 0.29) is 5.91 Å². The number of nitrogens with zero attached hydrogens (tertiary/aromatic N) is 1. The van der Waals surface area contributed by atoms with Crippen LogP contribution in [-0.2, 0) is 4.74 Å². The minimum atomic E-state index is -0.0804. The van der Waals surface area contributed by atoms with Crippen molar-refractivity contribution in [3.05, 3.63) is 29.8 Å². The molecule has 1 saturated heterocycles. The molecule has 2 unspecified atom stereocenters. The monoisotopic (exact) mass is 346 g/mol. The number of hydrogen-bond donors (Lipinski definition) is 1. The lowest BCUT2D eigenvalue weighted by Gasteiger charge is -2.16. The van der Waals surface area contributed by atoms with Crippen LogP contribution in [-0.4, -0.2) is 57.3 Å². The lowest BCUT2D eigenvalue weighted by molar-refractivity contribution is 0.0937. The first-order valence-electron chi connectivity index (χ1n) is 9.48. The molecule has 0 spiro atoms. The zero-order valence-electron chi connectivity index (χ0n) is 15.2. The highest BCUT2D eigenvalue weighted by molar-refractivity contribution is 5.94. The van der Waals surface area contributed by atoms with Crippen LogP contribution >= 0.6 is 0 Å². The molecule has 1 aliphatic carbocycles. The Labute approximate surface area is 150 Å².